The Labute approximate surface area is 131 Å². The van der Waals surface area contributed by atoms with Crippen molar-refractivity contribution < 1.29 is 4.79 Å². The van der Waals surface area contributed by atoms with E-state index >= 15 is 0 Å². The molecule has 0 unspecified atom stereocenters. The normalized spacial score (nSPS) is 10.8. The average molecular weight is 298 g/mol. The second-order valence-corrected chi connectivity index (χ2v) is 5.23. The van der Waals surface area contributed by atoms with Crippen LogP contribution in [-0.2, 0) is 11.3 Å². The Morgan fingerprint density at radius 2 is 2.09 bits per heavy atom. The number of amides is 1. The number of rotatable bonds is 7. The van der Waals surface area contributed by atoms with Crippen molar-refractivity contribution in [3.63, 3.8) is 0 Å². The topological polar surface area (TPSA) is 50.2 Å². The predicted molar refractivity (Wildman–Crippen MR) is 89.7 cm³/mol. The van der Waals surface area contributed by atoms with E-state index in [9.17, 15) is 4.79 Å². The molecule has 0 atom stereocenters. The van der Waals surface area contributed by atoms with Crippen LogP contribution in [-0.4, -0.2) is 36.3 Å². The maximum absolute atomic E-state index is 11.7. The molecule has 0 saturated carbocycles. The van der Waals surface area contributed by atoms with Crippen molar-refractivity contribution in [1.29, 1.82) is 0 Å². The van der Waals surface area contributed by atoms with Gasteiger partial charge in [-0.05, 0) is 36.3 Å². The maximum atomic E-state index is 11.7. The molecule has 2 rings (SSSR count). The Kier molecular flexibility index (Phi) is 5.77. The molecule has 1 aromatic carbocycles. The van der Waals surface area contributed by atoms with Crippen LogP contribution < -0.4 is 10.2 Å². The first kappa shape index (κ1) is 15.8. The molecular formula is C17H22N4O. The lowest BCUT2D eigenvalue weighted by atomic mass is 10.2. The fourth-order valence-electron chi connectivity index (χ4n) is 2.00. The lowest BCUT2D eigenvalue weighted by molar-refractivity contribution is -0.116. The number of aromatic nitrogens is 2. The van der Waals surface area contributed by atoms with Crippen LogP contribution in [0.4, 0.5) is 5.69 Å². The highest BCUT2D eigenvalue weighted by Gasteiger charge is 1.97. The molecule has 0 saturated heterocycles. The number of anilines is 1. The summed E-state index contributed by atoms with van der Waals surface area (Å²) < 4.78 is 1.86. The molecule has 0 aliphatic rings. The van der Waals surface area contributed by atoms with Crippen molar-refractivity contribution >= 4 is 17.7 Å². The fourth-order valence-corrected chi connectivity index (χ4v) is 2.00. The van der Waals surface area contributed by atoms with E-state index in [-0.39, 0.29) is 5.91 Å². The number of aryl methyl sites for hydroxylation is 1. The zero-order valence-electron chi connectivity index (χ0n) is 13.1. The van der Waals surface area contributed by atoms with Gasteiger partial charge in [0, 0.05) is 51.3 Å². The lowest BCUT2D eigenvalue weighted by Crippen LogP contribution is -2.23. The molecule has 5 nitrogen and oxygen atoms in total. The highest BCUT2D eigenvalue weighted by atomic mass is 16.1. The van der Waals surface area contributed by atoms with Crippen LogP contribution in [0.5, 0.6) is 0 Å². The Balaban J connectivity index is 1.71. The van der Waals surface area contributed by atoms with Crippen molar-refractivity contribution in [2.75, 3.05) is 25.5 Å². The summed E-state index contributed by atoms with van der Waals surface area (Å²) in [6.45, 7) is 1.45. The number of nitrogens with zero attached hydrogens (tertiary/aromatic N) is 3. The Morgan fingerprint density at radius 3 is 2.73 bits per heavy atom. The largest absolute Gasteiger partial charge is 0.378 e. The van der Waals surface area contributed by atoms with Gasteiger partial charge in [0.25, 0.3) is 0 Å². The van der Waals surface area contributed by atoms with Gasteiger partial charge in [0.2, 0.25) is 5.91 Å². The Hall–Kier alpha value is -2.56. The Bertz CT molecular complexity index is 600. The minimum Gasteiger partial charge on any atom is -0.378 e. The molecule has 1 heterocycles. The van der Waals surface area contributed by atoms with E-state index in [0.29, 0.717) is 6.54 Å². The van der Waals surface area contributed by atoms with Crippen molar-refractivity contribution in [2.45, 2.75) is 13.0 Å². The van der Waals surface area contributed by atoms with E-state index in [4.69, 9.17) is 0 Å². The SMILES string of the molecule is CN(C)c1ccc(/C=C\C(=O)NCCCn2cccn2)cc1. The average Bonchev–Trinajstić information content (AvgIpc) is 3.03. The van der Waals surface area contributed by atoms with Crippen LogP contribution in [0.25, 0.3) is 6.08 Å². The standard InChI is InChI=1S/C17H22N4O/c1-20(2)16-8-5-15(6-9-16)7-10-17(22)18-11-3-13-21-14-4-12-19-21/h4-10,12,14H,3,11,13H2,1-2H3,(H,18,22)/b10-7-. The van der Waals surface area contributed by atoms with E-state index in [1.807, 2.05) is 66.3 Å². The molecule has 5 heteroatoms. The van der Waals surface area contributed by atoms with Crippen molar-refractivity contribution in [3.05, 3.63) is 54.4 Å². The molecule has 1 amide bonds. The summed E-state index contributed by atoms with van der Waals surface area (Å²) in [5.74, 6) is -0.0721. The fraction of sp³-hybridized carbons (Fsp3) is 0.294. The number of hydrogen-bond donors (Lipinski definition) is 1. The van der Waals surface area contributed by atoms with Gasteiger partial charge < -0.3 is 10.2 Å². The molecule has 0 radical (unpaired) electrons. The summed E-state index contributed by atoms with van der Waals surface area (Å²) in [6, 6.07) is 9.94. The lowest BCUT2D eigenvalue weighted by Gasteiger charge is -2.11. The summed E-state index contributed by atoms with van der Waals surface area (Å²) in [5.41, 5.74) is 2.15. The minimum atomic E-state index is -0.0721. The van der Waals surface area contributed by atoms with Crippen molar-refractivity contribution in [3.8, 4) is 0 Å². The number of carbonyl (C=O) groups is 1. The highest BCUT2D eigenvalue weighted by molar-refractivity contribution is 5.91. The highest BCUT2D eigenvalue weighted by Crippen LogP contribution is 2.12. The van der Waals surface area contributed by atoms with E-state index in [2.05, 4.69) is 10.4 Å². The van der Waals surface area contributed by atoms with Gasteiger partial charge in [-0.3, -0.25) is 9.48 Å². The third kappa shape index (κ3) is 5.09. The van der Waals surface area contributed by atoms with Gasteiger partial charge in [-0.15, -0.1) is 0 Å². The summed E-state index contributed by atoms with van der Waals surface area (Å²) >= 11 is 0. The summed E-state index contributed by atoms with van der Waals surface area (Å²) in [7, 11) is 4.00. The molecular weight excluding hydrogens is 276 g/mol. The molecule has 0 aliphatic carbocycles. The Morgan fingerprint density at radius 1 is 1.32 bits per heavy atom. The van der Waals surface area contributed by atoms with Crippen LogP contribution in [0.3, 0.4) is 0 Å². The molecule has 0 fully saturated rings. The molecule has 1 N–H and O–H groups in total. The van der Waals surface area contributed by atoms with Gasteiger partial charge in [0.15, 0.2) is 0 Å². The zero-order chi connectivity index (χ0) is 15.8. The molecule has 0 spiro atoms. The van der Waals surface area contributed by atoms with Gasteiger partial charge in [-0.2, -0.15) is 5.10 Å². The van der Waals surface area contributed by atoms with Crippen LogP contribution >= 0.6 is 0 Å². The third-order valence-electron chi connectivity index (χ3n) is 3.26. The first-order valence-corrected chi connectivity index (χ1v) is 7.36. The smallest absolute Gasteiger partial charge is 0.244 e. The second-order valence-electron chi connectivity index (χ2n) is 5.23. The van der Waals surface area contributed by atoms with Gasteiger partial charge in [-0.25, -0.2) is 0 Å². The summed E-state index contributed by atoms with van der Waals surface area (Å²) in [4.78, 5) is 13.8. The van der Waals surface area contributed by atoms with Crippen LogP contribution in [0, 0.1) is 0 Å². The van der Waals surface area contributed by atoms with Gasteiger partial charge in [-0.1, -0.05) is 12.1 Å². The van der Waals surface area contributed by atoms with Crippen molar-refractivity contribution in [2.24, 2.45) is 0 Å². The molecule has 22 heavy (non-hydrogen) atoms. The van der Waals surface area contributed by atoms with E-state index in [1.165, 1.54) is 0 Å². The van der Waals surface area contributed by atoms with Crippen LogP contribution in [0.1, 0.15) is 12.0 Å². The van der Waals surface area contributed by atoms with Crippen molar-refractivity contribution in [1.82, 2.24) is 15.1 Å². The van der Waals surface area contributed by atoms with Crippen LogP contribution in [0.15, 0.2) is 48.8 Å². The molecule has 0 aliphatic heterocycles. The first-order chi connectivity index (χ1) is 10.6. The minimum absolute atomic E-state index is 0.0721. The third-order valence-corrected chi connectivity index (χ3v) is 3.26. The molecule has 116 valence electrons. The number of carbonyl (C=O) groups excluding carboxylic acids is 1. The summed E-state index contributed by atoms with van der Waals surface area (Å²) in [5, 5.41) is 6.98. The zero-order valence-corrected chi connectivity index (χ0v) is 13.1. The molecule has 0 bridgehead atoms. The summed E-state index contributed by atoms with van der Waals surface area (Å²) in [6.07, 6.45) is 7.92. The predicted octanol–water partition coefficient (Wildman–Crippen LogP) is 2.17. The van der Waals surface area contributed by atoms with E-state index < -0.39 is 0 Å². The number of benzene rings is 1. The first-order valence-electron chi connectivity index (χ1n) is 7.36. The monoisotopic (exact) mass is 298 g/mol. The van der Waals surface area contributed by atoms with Gasteiger partial charge >= 0.3 is 0 Å². The number of nitrogens with one attached hydrogen (secondary N) is 1. The second kappa shape index (κ2) is 8.02. The van der Waals surface area contributed by atoms with E-state index in [0.717, 1.165) is 24.2 Å². The van der Waals surface area contributed by atoms with Crippen LogP contribution in [0.2, 0.25) is 0 Å². The maximum Gasteiger partial charge on any atom is 0.244 e. The molecule has 1 aromatic heterocycles. The van der Waals surface area contributed by atoms with E-state index in [1.54, 1.807) is 12.3 Å². The quantitative estimate of drug-likeness (QED) is 0.629. The molecule has 2 aromatic rings. The van der Waals surface area contributed by atoms with Gasteiger partial charge in [0.05, 0.1) is 0 Å². The van der Waals surface area contributed by atoms with Gasteiger partial charge in [0.1, 0.15) is 0 Å². The number of hydrogen-bond acceptors (Lipinski definition) is 3.